The van der Waals surface area contributed by atoms with Gasteiger partial charge in [-0.1, -0.05) is 13.0 Å². The van der Waals surface area contributed by atoms with Crippen LogP contribution >= 0.6 is 0 Å². The van der Waals surface area contributed by atoms with Gasteiger partial charge in [0.1, 0.15) is 12.2 Å². The van der Waals surface area contributed by atoms with E-state index in [9.17, 15) is 0 Å². The zero-order valence-corrected chi connectivity index (χ0v) is 9.04. The van der Waals surface area contributed by atoms with Crippen molar-refractivity contribution in [3.8, 4) is 0 Å². The predicted octanol–water partition coefficient (Wildman–Crippen LogP) is 2.02. The molecule has 2 saturated heterocycles. The summed E-state index contributed by atoms with van der Waals surface area (Å²) >= 11 is 0. The van der Waals surface area contributed by atoms with E-state index >= 15 is 0 Å². The van der Waals surface area contributed by atoms with E-state index in [-0.39, 0.29) is 18.0 Å². The SMILES string of the molecule is C=C1COCC2OC3(CCCCC3)OC12. The predicted molar refractivity (Wildman–Crippen MR) is 55.5 cm³/mol. The van der Waals surface area contributed by atoms with Gasteiger partial charge < -0.3 is 14.2 Å². The molecule has 3 aliphatic rings. The fraction of sp³-hybridized carbons (Fsp3) is 0.833. The smallest absolute Gasteiger partial charge is 0.169 e. The molecule has 3 nitrogen and oxygen atoms in total. The molecule has 0 N–H and O–H groups in total. The van der Waals surface area contributed by atoms with E-state index in [0.29, 0.717) is 13.2 Å². The van der Waals surface area contributed by atoms with E-state index in [1.165, 1.54) is 19.3 Å². The Kier molecular flexibility index (Phi) is 2.34. The van der Waals surface area contributed by atoms with Crippen LogP contribution in [-0.4, -0.2) is 31.2 Å². The molecule has 0 amide bonds. The Morgan fingerprint density at radius 2 is 1.93 bits per heavy atom. The molecule has 0 aromatic heterocycles. The monoisotopic (exact) mass is 210 g/mol. The van der Waals surface area contributed by atoms with Crippen molar-refractivity contribution in [2.75, 3.05) is 13.2 Å². The standard InChI is InChI=1S/C12H18O3/c1-9-7-13-8-10-11(9)15-12(14-10)5-3-2-4-6-12/h10-11H,1-8H2. The van der Waals surface area contributed by atoms with Gasteiger partial charge in [0.25, 0.3) is 0 Å². The van der Waals surface area contributed by atoms with Crippen LogP contribution in [-0.2, 0) is 14.2 Å². The summed E-state index contributed by atoms with van der Waals surface area (Å²) in [7, 11) is 0. The fourth-order valence-electron chi connectivity index (χ4n) is 2.85. The van der Waals surface area contributed by atoms with Crippen molar-refractivity contribution in [2.45, 2.75) is 50.1 Å². The highest BCUT2D eigenvalue weighted by Crippen LogP contribution is 2.43. The van der Waals surface area contributed by atoms with Crippen LogP contribution in [0.1, 0.15) is 32.1 Å². The van der Waals surface area contributed by atoms with E-state index < -0.39 is 0 Å². The first-order valence-electron chi connectivity index (χ1n) is 5.90. The molecular formula is C12H18O3. The lowest BCUT2D eigenvalue weighted by molar-refractivity contribution is -0.192. The van der Waals surface area contributed by atoms with Crippen molar-refractivity contribution in [2.24, 2.45) is 0 Å². The fourth-order valence-corrected chi connectivity index (χ4v) is 2.85. The van der Waals surface area contributed by atoms with Crippen LogP contribution in [0.15, 0.2) is 12.2 Å². The van der Waals surface area contributed by atoms with Crippen LogP contribution in [0.25, 0.3) is 0 Å². The first-order valence-corrected chi connectivity index (χ1v) is 5.90. The Morgan fingerprint density at radius 1 is 1.13 bits per heavy atom. The second kappa shape index (κ2) is 3.58. The number of rotatable bonds is 0. The van der Waals surface area contributed by atoms with E-state index in [1.807, 2.05) is 0 Å². The average Bonchev–Trinajstić information content (AvgIpc) is 2.59. The van der Waals surface area contributed by atoms with Gasteiger partial charge in [-0.25, -0.2) is 0 Å². The summed E-state index contributed by atoms with van der Waals surface area (Å²) in [5, 5.41) is 0. The Bertz CT molecular complexity index is 268. The third-order valence-corrected chi connectivity index (χ3v) is 3.63. The van der Waals surface area contributed by atoms with Crippen LogP contribution in [0.4, 0.5) is 0 Å². The van der Waals surface area contributed by atoms with Gasteiger partial charge in [0, 0.05) is 12.8 Å². The Morgan fingerprint density at radius 3 is 2.67 bits per heavy atom. The van der Waals surface area contributed by atoms with Crippen LogP contribution < -0.4 is 0 Å². The molecule has 2 heterocycles. The summed E-state index contributed by atoms with van der Waals surface area (Å²) in [4.78, 5) is 0. The van der Waals surface area contributed by atoms with Gasteiger partial charge >= 0.3 is 0 Å². The highest BCUT2D eigenvalue weighted by Gasteiger charge is 2.49. The molecule has 3 fully saturated rings. The zero-order chi connectivity index (χ0) is 10.3. The van der Waals surface area contributed by atoms with Crippen molar-refractivity contribution >= 4 is 0 Å². The van der Waals surface area contributed by atoms with Crippen molar-refractivity contribution in [1.29, 1.82) is 0 Å². The number of hydrogen-bond donors (Lipinski definition) is 0. The molecule has 0 aromatic carbocycles. The number of hydrogen-bond acceptors (Lipinski definition) is 3. The molecule has 2 atom stereocenters. The van der Waals surface area contributed by atoms with Crippen molar-refractivity contribution in [3.05, 3.63) is 12.2 Å². The molecule has 1 aliphatic carbocycles. The second-order valence-corrected chi connectivity index (χ2v) is 4.84. The van der Waals surface area contributed by atoms with E-state index in [4.69, 9.17) is 14.2 Å². The van der Waals surface area contributed by atoms with Crippen LogP contribution in [0, 0.1) is 0 Å². The molecular weight excluding hydrogens is 192 g/mol. The van der Waals surface area contributed by atoms with Gasteiger partial charge in [-0.05, 0) is 18.4 Å². The Balaban J connectivity index is 1.77. The van der Waals surface area contributed by atoms with Crippen molar-refractivity contribution in [1.82, 2.24) is 0 Å². The molecule has 0 radical (unpaired) electrons. The first kappa shape index (κ1) is 9.82. The van der Waals surface area contributed by atoms with Crippen LogP contribution in [0.3, 0.4) is 0 Å². The van der Waals surface area contributed by atoms with E-state index in [1.54, 1.807) is 0 Å². The van der Waals surface area contributed by atoms with Crippen molar-refractivity contribution < 1.29 is 14.2 Å². The van der Waals surface area contributed by atoms with Crippen LogP contribution in [0.2, 0.25) is 0 Å². The van der Waals surface area contributed by atoms with Gasteiger partial charge in [-0.3, -0.25) is 0 Å². The third kappa shape index (κ3) is 1.63. The van der Waals surface area contributed by atoms with E-state index in [2.05, 4.69) is 6.58 Å². The average molecular weight is 210 g/mol. The van der Waals surface area contributed by atoms with Gasteiger partial charge in [0.05, 0.1) is 13.2 Å². The first-order chi connectivity index (χ1) is 7.29. The molecule has 15 heavy (non-hydrogen) atoms. The van der Waals surface area contributed by atoms with Gasteiger partial charge in [0.2, 0.25) is 0 Å². The molecule has 2 unspecified atom stereocenters. The largest absolute Gasteiger partial charge is 0.374 e. The maximum absolute atomic E-state index is 6.10. The molecule has 84 valence electrons. The minimum Gasteiger partial charge on any atom is -0.374 e. The molecule has 0 bridgehead atoms. The van der Waals surface area contributed by atoms with E-state index in [0.717, 1.165) is 18.4 Å². The molecule has 3 heteroatoms. The topological polar surface area (TPSA) is 27.7 Å². The number of ether oxygens (including phenoxy) is 3. The maximum atomic E-state index is 6.10. The van der Waals surface area contributed by atoms with Gasteiger partial charge in [-0.2, -0.15) is 0 Å². The molecule has 1 saturated carbocycles. The van der Waals surface area contributed by atoms with Gasteiger partial charge in [-0.15, -0.1) is 0 Å². The highest BCUT2D eigenvalue weighted by atomic mass is 16.8. The highest BCUT2D eigenvalue weighted by molar-refractivity contribution is 5.12. The summed E-state index contributed by atoms with van der Waals surface area (Å²) in [6, 6.07) is 0. The summed E-state index contributed by atoms with van der Waals surface area (Å²) in [6.07, 6.45) is 5.97. The quantitative estimate of drug-likeness (QED) is 0.572. The lowest BCUT2D eigenvalue weighted by Gasteiger charge is -2.31. The number of fused-ring (bicyclic) bond motifs is 1. The minimum absolute atomic E-state index is 0.0804. The molecule has 3 rings (SSSR count). The maximum Gasteiger partial charge on any atom is 0.169 e. The third-order valence-electron chi connectivity index (χ3n) is 3.63. The normalized spacial score (nSPS) is 39.3. The Labute approximate surface area is 90.4 Å². The molecule has 1 spiro atoms. The molecule has 2 aliphatic heterocycles. The molecule has 0 aromatic rings. The Hall–Kier alpha value is -0.380. The lowest BCUT2D eigenvalue weighted by Crippen LogP contribution is -2.35. The second-order valence-electron chi connectivity index (χ2n) is 4.84. The summed E-state index contributed by atoms with van der Waals surface area (Å²) in [5.41, 5.74) is 1.04. The van der Waals surface area contributed by atoms with Crippen LogP contribution in [0.5, 0.6) is 0 Å². The zero-order valence-electron chi connectivity index (χ0n) is 9.04. The summed E-state index contributed by atoms with van der Waals surface area (Å²) in [5.74, 6) is -0.301. The lowest BCUT2D eigenvalue weighted by atomic mass is 9.94. The summed E-state index contributed by atoms with van der Waals surface area (Å²) < 4.78 is 17.6. The van der Waals surface area contributed by atoms with Crippen molar-refractivity contribution in [3.63, 3.8) is 0 Å². The summed E-state index contributed by atoms with van der Waals surface area (Å²) in [6.45, 7) is 5.29. The minimum atomic E-state index is -0.301. The van der Waals surface area contributed by atoms with Gasteiger partial charge in [0.15, 0.2) is 5.79 Å².